The largest absolute Gasteiger partial charge is 0.493 e. The highest BCUT2D eigenvalue weighted by molar-refractivity contribution is 6.31. The van der Waals surface area contributed by atoms with Gasteiger partial charge < -0.3 is 24.6 Å². The van der Waals surface area contributed by atoms with Crippen molar-refractivity contribution in [3.8, 4) is 11.5 Å². The minimum Gasteiger partial charge on any atom is -0.493 e. The summed E-state index contributed by atoms with van der Waals surface area (Å²) in [4.78, 5) is 0. The van der Waals surface area contributed by atoms with Gasteiger partial charge in [0.05, 0.1) is 26.9 Å². The molecule has 0 aliphatic carbocycles. The molecule has 2 rings (SSSR count). The third-order valence-corrected chi connectivity index (χ3v) is 4.22. The van der Waals surface area contributed by atoms with E-state index in [1.807, 2.05) is 30.3 Å². The highest BCUT2D eigenvalue weighted by Crippen LogP contribution is 2.34. The molecule has 26 heavy (non-hydrogen) atoms. The Kier molecular flexibility index (Phi) is 9.01. The molecular formula is C19H23Cl2NO4. The number of hydrogen-bond acceptors (Lipinski definition) is 5. The van der Waals surface area contributed by atoms with Gasteiger partial charge in [-0.3, -0.25) is 0 Å². The first-order valence-corrected chi connectivity index (χ1v) is 9.02. The summed E-state index contributed by atoms with van der Waals surface area (Å²) >= 11 is 12.3. The Hall–Kier alpha value is -1.50. The zero-order valence-corrected chi connectivity index (χ0v) is 16.1. The van der Waals surface area contributed by atoms with Gasteiger partial charge in [-0.25, -0.2) is 0 Å². The lowest BCUT2D eigenvalue weighted by molar-refractivity contribution is 0.0938. The van der Waals surface area contributed by atoms with Crippen LogP contribution in [0.25, 0.3) is 0 Å². The summed E-state index contributed by atoms with van der Waals surface area (Å²) < 4.78 is 16.5. The second kappa shape index (κ2) is 11.3. The van der Waals surface area contributed by atoms with E-state index >= 15 is 0 Å². The van der Waals surface area contributed by atoms with Gasteiger partial charge in [0.25, 0.3) is 0 Å². The van der Waals surface area contributed by atoms with Crippen molar-refractivity contribution in [2.45, 2.75) is 13.2 Å². The molecule has 0 aliphatic rings. The van der Waals surface area contributed by atoms with E-state index in [4.69, 9.17) is 42.5 Å². The molecule has 0 spiro atoms. The monoisotopic (exact) mass is 399 g/mol. The molecule has 2 aromatic carbocycles. The molecule has 0 aromatic heterocycles. The maximum atomic E-state index is 8.65. The fourth-order valence-corrected chi connectivity index (χ4v) is 2.61. The van der Waals surface area contributed by atoms with Crippen molar-refractivity contribution in [3.05, 3.63) is 57.6 Å². The van der Waals surface area contributed by atoms with E-state index in [0.29, 0.717) is 54.5 Å². The van der Waals surface area contributed by atoms with Crippen molar-refractivity contribution < 1.29 is 19.3 Å². The average molecular weight is 400 g/mol. The molecule has 0 aliphatic heterocycles. The van der Waals surface area contributed by atoms with Gasteiger partial charge in [0.1, 0.15) is 6.61 Å². The van der Waals surface area contributed by atoms with Gasteiger partial charge in [0.15, 0.2) is 11.5 Å². The van der Waals surface area contributed by atoms with E-state index in [1.165, 1.54) is 0 Å². The maximum Gasteiger partial charge on any atom is 0.163 e. The summed E-state index contributed by atoms with van der Waals surface area (Å²) in [7, 11) is 1.60. The standard InChI is InChI=1S/C19H23Cl2NO4/c1-24-18-10-15(12-22-6-8-25-9-7-23)17(21)11-19(18)26-13-14-2-4-16(20)5-3-14/h2-5,10-11,22-23H,6-9,12-13H2,1H3. The molecule has 0 heterocycles. The lowest BCUT2D eigenvalue weighted by Gasteiger charge is -2.14. The van der Waals surface area contributed by atoms with E-state index in [9.17, 15) is 0 Å². The Labute approximate surface area is 163 Å². The van der Waals surface area contributed by atoms with E-state index < -0.39 is 0 Å². The average Bonchev–Trinajstić information content (AvgIpc) is 2.65. The van der Waals surface area contributed by atoms with Crippen LogP contribution in [0, 0.1) is 0 Å². The van der Waals surface area contributed by atoms with Crippen LogP contribution in [0.3, 0.4) is 0 Å². The van der Waals surface area contributed by atoms with Crippen LogP contribution >= 0.6 is 23.2 Å². The number of hydrogen-bond donors (Lipinski definition) is 2. The molecule has 0 atom stereocenters. The summed E-state index contributed by atoms with van der Waals surface area (Å²) in [5.41, 5.74) is 1.91. The van der Waals surface area contributed by atoms with Gasteiger partial charge in [0.2, 0.25) is 0 Å². The zero-order chi connectivity index (χ0) is 18.8. The van der Waals surface area contributed by atoms with E-state index in [1.54, 1.807) is 13.2 Å². The van der Waals surface area contributed by atoms with Crippen LogP contribution < -0.4 is 14.8 Å². The van der Waals surface area contributed by atoms with E-state index in [0.717, 1.165) is 11.1 Å². The number of ether oxygens (including phenoxy) is 3. The van der Waals surface area contributed by atoms with Crippen molar-refractivity contribution in [1.29, 1.82) is 0 Å². The second-order valence-electron chi connectivity index (χ2n) is 5.52. The number of benzene rings is 2. The highest BCUT2D eigenvalue weighted by Gasteiger charge is 2.11. The van der Waals surface area contributed by atoms with Gasteiger partial charge in [-0.1, -0.05) is 35.3 Å². The molecule has 0 unspecified atom stereocenters. The summed E-state index contributed by atoms with van der Waals surface area (Å²) in [6.07, 6.45) is 0. The first-order chi connectivity index (χ1) is 12.6. The van der Waals surface area contributed by atoms with E-state index in [2.05, 4.69) is 5.32 Å². The molecule has 0 radical (unpaired) electrons. The van der Waals surface area contributed by atoms with Crippen molar-refractivity contribution in [2.24, 2.45) is 0 Å². The molecule has 142 valence electrons. The van der Waals surface area contributed by atoms with Crippen LogP contribution in [0.1, 0.15) is 11.1 Å². The summed E-state index contributed by atoms with van der Waals surface area (Å²) in [6.45, 7) is 2.53. The number of halogens is 2. The van der Waals surface area contributed by atoms with Crippen LogP contribution in [-0.2, 0) is 17.9 Å². The normalized spacial score (nSPS) is 10.8. The fourth-order valence-electron chi connectivity index (χ4n) is 2.26. The van der Waals surface area contributed by atoms with Crippen LogP contribution in [-0.4, -0.2) is 38.6 Å². The molecule has 5 nitrogen and oxygen atoms in total. The fraction of sp³-hybridized carbons (Fsp3) is 0.368. The highest BCUT2D eigenvalue weighted by atomic mass is 35.5. The number of rotatable bonds is 11. The molecule has 2 aromatic rings. The van der Waals surface area contributed by atoms with Crippen LogP contribution in [0.4, 0.5) is 0 Å². The minimum absolute atomic E-state index is 0.0283. The lowest BCUT2D eigenvalue weighted by atomic mass is 10.2. The van der Waals surface area contributed by atoms with Crippen molar-refractivity contribution in [2.75, 3.05) is 33.5 Å². The topological polar surface area (TPSA) is 60.0 Å². The third-order valence-electron chi connectivity index (χ3n) is 3.61. The summed E-state index contributed by atoms with van der Waals surface area (Å²) in [5, 5.41) is 13.2. The number of aliphatic hydroxyl groups excluding tert-OH is 1. The molecule has 0 saturated heterocycles. The van der Waals surface area contributed by atoms with Gasteiger partial charge in [0, 0.05) is 29.2 Å². The molecule has 0 amide bonds. The Morgan fingerprint density at radius 2 is 1.81 bits per heavy atom. The third kappa shape index (κ3) is 6.67. The Morgan fingerprint density at radius 3 is 2.50 bits per heavy atom. The first kappa shape index (κ1) is 20.8. The number of nitrogens with one attached hydrogen (secondary N) is 1. The Bertz CT molecular complexity index is 680. The quantitative estimate of drug-likeness (QED) is 0.564. The predicted octanol–water partition coefficient (Wildman–Crippen LogP) is 3.68. The smallest absolute Gasteiger partial charge is 0.163 e. The van der Waals surface area contributed by atoms with Crippen molar-refractivity contribution >= 4 is 23.2 Å². The SMILES string of the molecule is COc1cc(CNCCOCCO)c(Cl)cc1OCc1ccc(Cl)cc1. The minimum atomic E-state index is 0.0283. The molecule has 2 N–H and O–H groups in total. The van der Waals surface area contributed by atoms with Gasteiger partial charge >= 0.3 is 0 Å². The van der Waals surface area contributed by atoms with Crippen LogP contribution in [0.15, 0.2) is 36.4 Å². The van der Waals surface area contributed by atoms with E-state index in [-0.39, 0.29) is 6.61 Å². The second-order valence-corrected chi connectivity index (χ2v) is 6.37. The zero-order valence-electron chi connectivity index (χ0n) is 14.6. The van der Waals surface area contributed by atoms with Gasteiger partial charge in [-0.15, -0.1) is 0 Å². The maximum absolute atomic E-state index is 8.65. The molecule has 0 fully saturated rings. The Morgan fingerprint density at radius 1 is 1.04 bits per heavy atom. The van der Waals surface area contributed by atoms with Crippen LogP contribution in [0.2, 0.25) is 10.0 Å². The molecule has 0 saturated carbocycles. The van der Waals surface area contributed by atoms with Gasteiger partial charge in [-0.05, 0) is 29.3 Å². The molecule has 0 bridgehead atoms. The number of methoxy groups -OCH3 is 1. The predicted molar refractivity (Wildman–Crippen MR) is 103 cm³/mol. The van der Waals surface area contributed by atoms with Crippen LogP contribution in [0.5, 0.6) is 11.5 Å². The summed E-state index contributed by atoms with van der Waals surface area (Å²) in [5.74, 6) is 1.21. The van der Waals surface area contributed by atoms with Crippen molar-refractivity contribution in [1.82, 2.24) is 5.32 Å². The summed E-state index contributed by atoms with van der Waals surface area (Å²) in [6, 6.07) is 11.1. The lowest BCUT2D eigenvalue weighted by Crippen LogP contribution is -2.20. The first-order valence-electron chi connectivity index (χ1n) is 8.27. The molecular weight excluding hydrogens is 377 g/mol. The van der Waals surface area contributed by atoms with Crippen molar-refractivity contribution in [3.63, 3.8) is 0 Å². The van der Waals surface area contributed by atoms with Gasteiger partial charge in [-0.2, -0.15) is 0 Å². The molecule has 7 heteroatoms. The number of aliphatic hydroxyl groups is 1. The Balaban J connectivity index is 1.93.